The van der Waals surface area contributed by atoms with E-state index in [1.165, 1.54) is 0 Å². The van der Waals surface area contributed by atoms with Crippen molar-refractivity contribution in [3.8, 4) is 16.9 Å². The molecular weight excluding hydrogens is 188 g/mol. The third-order valence-corrected chi connectivity index (χ3v) is 2.88. The fraction of sp³-hybridized carbons (Fsp3) is 0.0769. The lowest BCUT2D eigenvalue weighted by Crippen LogP contribution is -1.92. The number of hydrogen-bond donors (Lipinski definition) is 2. The average molecular weight is 198 g/mol. The van der Waals surface area contributed by atoms with Crippen LogP contribution in [0.5, 0.6) is 5.75 Å². The van der Waals surface area contributed by atoms with Crippen LogP contribution in [0.1, 0.15) is 17.2 Å². The van der Waals surface area contributed by atoms with E-state index in [2.05, 4.69) is 0 Å². The van der Waals surface area contributed by atoms with Crippen LogP contribution in [0.15, 0.2) is 42.5 Å². The van der Waals surface area contributed by atoms with Gasteiger partial charge < -0.3 is 10.2 Å². The van der Waals surface area contributed by atoms with Crippen LogP contribution < -0.4 is 0 Å². The molecule has 0 aromatic heterocycles. The number of aliphatic hydroxyl groups excluding tert-OH is 1. The lowest BCUT2D eigenvalue weighted by Gasteiger charge is -2.04. The molecule has 0 amide bonds. The first-order chi connectivity index (χ1) is 7.27. The molecule has 0 saturated carbocycles. The normalized spacial score (nSPS) is 17.3. The molecule has 0 spiro atoms. The Labute approximate surface area is 87.4 Å². The van der Waals surface area contributed by atoms with Crippen molar-refractivity contribution in [2.75, 3.05) is 0 Å². The van der Waals surface area contributed by atoms with Crippen LogP contribution >= 0.6 is 0 Å². The predicted molar refractivity (Wildman–Crippen MR) is 57.6 cm³/mol. The topological polar surface area (TPSA) is 40.5 Å². The second-order valence-electron chi connectivity index (χ2n) is 3.76. The van der Waals surface area contributed by atoms with Gasteiger partial charge in [0.15, 0.2) is 0 Å². The van der Waals surface area contributed by atoms with Gasteiger partial charge in [-0.05, 0) is 34.4 Å². The highest BCUT2D eigenvalue weighted by molar-refractivity contribution is 5.78. The Balaban J connectivity index is 2.32. The number of aliphatic hydroxyl groups is 1. The molecule has 2 N–H and O–H groups in total. The summed E-state index contributed by atoms with van der Waals surface area (Å²) in [5.41, 5.74) is 3.77. The number of phenols is 1. The van der Waals surface area contributed by atoms with E-state index in [-0.39, 0.29) is 5.75 Å². The van der Waals surface area contributed by atoms with Gasteiger partial charge in [-0.2, -0.15) is 0 Å². The lowest BCUT2D eigenvalue weighted by molar-refractivity contribution is 0.225. The van der Waals surface area contributed by atoms with Crippen molar-refractivity contribution in [1.29, 1.82) is 0 Å². The first kappa shape index (κ1) is 8.50. The van der Waals surface area contributed by atoms with E-state index < -0.39 is 6.10 Å². The van der Waals surface area contributed by atoms with Crippen LogP contribution in [0.2, 0.25) is 0 Å². The second-order valence-corrected chi connectivity index (χ2v) is 3.76. The van der Waals surface area contributed by atoms with Gasteiger partial charge in [0.05, 0.1) is 0 Å². The molecular formula is C13H10O2. The molecule has 2 nitrogen and oxygen atoms in total. The van der Waals surface area contributed by atoms with E-state index >= 15 is 0 Å². The molecule has 15 heavy (non-hydrogen) atoms. The van der Waals surface area contributed by atoms with Gasteiger partial charge in [-0.25, -0.2) is 0 Å². The summed E-state index contributed by atoms with van der Waals surface area (Å²) in [5, 5.41) is 19.4. The lowest BCUT2D eigenvalue weighted by atomic mass is 10.1. The van der Waals surface area contributed by atoms with Gasteiger partial charge in [0.25, 0.3) is 0 Å². The fourth-order valence-electron chi connectivity index (χ4n) is 2.17. The number of rotatable bonds is 0. The molecule has 1 aliphatic rings. The summed E-state index contributed by atoms with van der Waals surface area (Å²) in [7, 11) is 0. The van der Waals surface area contributed by atoms with Crippen molar-refractivity contribution in [3.63, 3.8) is 0 Å². The largest absolute Gasteiger partial charge is 0.508 e. The van der Waals surface area contributed by atoms with Crippen LogP contribution in [0, 0.1) is 0 Å². The molecule has 0 aliphatic heterocycles. The zero-order chi connectivity index (χ0) is 10.4. The average Bonchev–Trinajstić information content (AvgIpc) is 2.54. The van der Waals surface area contributed by atoms with E-state index in [0.717, 1.165) is 22.3 Å². The van der Waals surface area contributed by atoms with Gasteiger partial charge >= 0.3 is 0 Å². The Morgan fingerprint density at radius 2 is 1.60 bits per heavy atom. The molecule has 0 fully saturated rings. The van der Waals surface area contributed by atoms with Gasteiger partial charge in [-0.3, -0.25) is 0 Å². The van der Waals surface area contributed by atoms with Crippen LogP contribution in [0.25, 0.3) is 11.1 Å². The van der Waals surface area contributed by atoms with Gasteiger partial charge in [0.1, 0.15) is 11.9 Å². The fourth-order valence-corrected chi connectivity index (χ4v) is 2.17. The highest BCUT2D eigenvalue weighted by Crippen LogP contribution is 2.44. The summed E-state index contributed by atoms with van der Waals surface area (Å²) >= 11 is 0. The maximum Gasteiger partial charge on any atom is 0.116 e. The Hall–Kier alpha value is -1.80. The van der Waals surface area contributed by atoms with E-state index in [9.17, 15) is 10.2 Å². The minimum absolute atomic E-state index is 0.195. The SMILES string of the molecule is Oc1ccc2c(c1)C(O)c1ccccc1-2. The maximum atomic E-state index is 10.0. The highest BCUT2D eigenvalue weighted by atomic mass is 16.3. The van der Waals surface area contributed by atoms with E-state index in [0.29, 0.717) is 0 Å². The Bertz CT molecular complexity index is 532. The second kappa shape index (κ2) is 2.84. The zero-order valence-corrected chi connectivity index (χ0v) is 8.01. The first-order valence-corrected chi connectivity index (χ1v) is 4.87. The molecule has 1 unspecified atom stereocenters. The quantitative estimate of drug-likeness (QED) is 0.682. The molecule has 2 aromatic carbocycles. The third-order valence-electron chi connectivity index (χ3n) is 2.88. The van der Waals surface area contributed by atoms with Crippen molar-refractivity contribution >= 4 is 0 Å². The molecule has 74 valence electrons. The van der Waals surface area contributed by atoms with Crippen molar-refractivity contribution in [2.24, 2.45) is 0 Å². The predicted octanol–water partition coefficient (Wildman–Crippen LogP) is 2.45. The van der Waals surface area contributed by atoms with Gasteiger partial charge in [0, 0.05) is 0 Å². The summed E-state index contributed by atoms with van der Waals surface area (Å²) in [4.78, 5) is 0. The van der Waals surface area contributed by atoms with E-state index in [1.54, 1.807) is 12.1 Å². The number of hydrogen-bond acceptors (Lipinski definition) is 2. The van der Waals surface area contributed by atoms with E-state index in [4.69, 9.17) is 0 Å². The zero-order valence-electron chi connectivity index (χ0n) is 8.01. The minimum atomic E-state index is -0.608. The number of benzene rings is 2. The molecule has 3 rings (SSSR count). The first-order valence-electron chi connectivity index (χ1n) is 4.87. The maximum absolute atomic E-state index is 10.0. The molecule has 0 radical (unpaired) electrons. The Morgan fingerprint density at radius 1 is 0.867 bits per heavy atom. The van der Waals surface area contributed by atoms with Crippen molar-refractivity contribution in [1.82, 2.24) is 0 Å². The van der Waals surface area contributed by atoms with Gasteiger partial charge in [-0.1, -0.05) is 30.3 Å². The van der Waals surface area contributed by atoms with Crippen LogP contribution in [-0.2, 0) is 0 Å². The van der Waals surface area contributed by atoms with Gasteiger partial charge in [0.2, 0.25) is 0 Å². The number of aromatic hydroxyl groups is 1. The molecule has 0 heterocycles. The molecule has 2 aromatic rings. The Kier molecular flexibility index (Phi) is 1.61. The van der Waals surface area contributed by atoms with Crippen LogP contribution in [-0.4, -0.2) is 10.2 Å². The molecule has 2 heteroatoms. The molecule has 1 atom stereocenters. The molecule has 1 aliphatic carbocycles. The summed E-state index contributed by atoms with van der Waals surface area (Å²) in [5.74, 6) is 0.195. The summed E-state index contributed by atoms with van der Waals surface area (Å²) < 4.78 is 0. The standard InChI is InChI=1S/C13H10O2/c14-8-5-6-10-9-3-1-2-4-11(9)13(15)12(10)7-8/h1-7,13-15H. The van der Waals surface area contributed by atoms with E-state index in [1.807, 2.05) is 30.3 Å². The van der Waals surface area contributed by atoms with Crippen molar-refractivity contribution < 1.29 is 10.2 Å². The van der Waals surface area contributed by atoms with Crippen molar-refractivity contribution in [2.45, 2.75) is 6.10 Å². The van der Waals surface area contributed by atoms with Crippen molar-refractivity contribution in [3.05, 3.63) is 53.6 Å². The highest BCUT2D eigenvalue weighted by Gasteiger charge is 2.26. The Morgan fingerprint density at radius 3 is 2.47 bits per heavy atom. The number of fused-ring (bicyclic) bond motifs is 3. The monoisotopic (exact) mass is 198 g/mol. The minimum Gasteiger partial charge on any atom is -0.508 e. The van der Waals surface area contributed by atoms with Gasteiger partial charge in [-0.15, -0.1) is 0 Å². The van der Waals surface area contributed by atoms with Crippen LogP contribution in [0.3, 0.4) is 0 Å². The summed E-state index contributed by atoms with van der Waals surface area (Å²) in [6.45, 7) is 0. The summed E-state index contributed by atoms with van der Waals surface area (Å²) in [6.07, 6.45) is -0.608. The third kappa shape index (κ3) is 1.09. The summed E-state index contributed by atoms with van der Waals surface area (Å²) in [6, 6.07) is 12.9. The smallest absolute Gasteiger partial charge is 0.116 e. The molecule has 0 bridgehead atoms. The number of phenolic OH excluding ortho intramolecular Hbond substituents is 1. The molecule has 0 saturated heterocycles. The van der Waals surface area contributed by atoms with Crippen LogP contribution in [0.4, 0.5) is 0 Å².